The van der Waals surface area contributed by atoms with Gasteiger partial charge < -0.3 is 9.47 Å². The van der Waals surface area contributed by atoms with Crippen LogP contribution in [0, 0.1) is 12.7 Å². The maximum Gasteiger partial charge on any atom is 0.421 e. The van der Waals surface area contributed by atoms with Gasteiger partial charge in [-0.25, -0.2) is 23.2 Å². The number of esters is 1. The van der Waals surface area contributed by atoms with Crippen LogP contribution in [0.2, 0.25) is 0 Å². The van der Waals surface area contributed by atoms with E-state index in [9.17, 15) is 27.6 Å². The van der Waals surface area contributed by atoms with E-state index >= 15 is 4.39 Å². The predicted molar refractivity (Wildman–Crippen MR) is 206 cm³/mol. The lowest BCUT2D eigenvalue weighted by molar-refractivity contribution is -0.137. The minimum absolute atomic E-state index is 0.0521. The van der Waals surface area contributed by atoms with Gasteiger partial charge in [-0.05, 0) is 98.3 Å². The molecule has 0 N–H and O–H groups in total. The van der Waals surface area contributed by atoms with E-state index in [4.69, 9.17) is 14.6 Å². The number of carbonyl (C=O) groups excluding carboxylic acids is 3. The predicted octanol–water partition coefficient (Wildman–Crippen LogP) is 9.95. The van der Waals surface area contributed by atoms with Gasteiger partial charge in [0, 0.05) is 41.4 Å². The second-order valence-electron chi connectivity index (χ2n) is 14.5. The van der Waals surface area contributed by atoms with Crippen molar-refractivity contribution in [2.75, 3.05) is 6.79 Å². The van der Waals surface area contributed by atoms with Crippen LogP contribution in [-0.2, 0) is 47.1 Å². The molecular weight excluding hydrogens is 740 g/mol. The highest BCUT2D eigenvalue weighted by atomic mass is 19.4. The monoisotopic (exact) mass is 780 g/mol. The zero-order valence-electron chi connectivity index (χ0n) is 32.0. The molecule has 7 rings (SSSR count). The van der Waals surface area contributed by atoms with Crippen molar-refractivity contribution in [3.63, 3.8) is 0 Å². The Morgan fingerprint density at radius 2 is 1.61 bits per heavy atom. The van der Waals surface area contributed by atoms with Crippen molar-refractivity contribution >= 4 is 29.3 Å². The number of benzene rings is 4. The van der Waals surface area contributed by atoms with Crippen LogP contribution >= 0.6 is 0 Å². The Bertz CT molecular complexity index is 2510. The minimum Gasteiger partial charge on any atom is -0.424 e. The topological polar surface area (TPSA) is 95.7 Å². The smallest absolute Gasteiger partial charge is 0.421 e. The summed E-state index contributed by atoms with van der Waals surface area (Å²) in [6.07, 6.45) is -1.97. The van der Waals surface area contributed by atoms with Crippen LogP contribution in [0.3, 0.4) is 0 Å². The molecular formula is C44H40F4N4O5. The Balaban J connectivity index is 1.28. The third-order valence-corrected chi connectivity index (χ3v) is 10.8. The number of halogens is 4. The molecule has 0 radical (unpaired) electrons. The van der Waals surface area contributed by atoms with Crippen LogP contribution in [0.15, 0.2) is 85.1 Å². The molecule has 57 heavy (non-hydrogen) atoms. The fourth-order valence-electron chi connectivity index (χ4n) is 7.63. The zero-order chi connectivity index (χ0) is 40.8. The number of rotatable bonds is 10. The summed E-state index contributed by atoms with van der Waals surface area (Å²) < 4.78 is 69.7. The summed E-state index contributed by atoms with van der Waals surface area (Å²) in [6, 6.07) is 20.2. The fraction of sp³-hybridized carbons (Fsp3) is 0.273. The van der Waals surface area contributed by atoms with Gasteiger partial charge >= 0.3 is 18.2 Å². The summed E-state index contributed by atoms with van der Waals surface area (Å²) in [5.41, 5.74) is 6.35. The summed E-state index contributed by atoms with van der Waals surface area (Å²) in [4.78, 5) is 39.0. The molecule has 0 saturated heterocycles. The summed E-state index contributed by atoms with van der Waals surface area (Å²) in [6.45, 7) is 9.87. The maximum atomic E-state index is 15.9. The van der Waals surface area contributed by atoms with E-state index < -0.39 is 42.0 Å². The highest BCUT2D eigenvalue weighted by Gasteiger charge is 2.44. The standard InChI is InChI=1S/C44H40F4N4O5/c1-6-28-9-8-10-29(7-2)37(28)52-38(35-23-50(43(4,5)40(35)49-52)22-31-15-16-32(21-26(31)3)44(46,47)48)33-17-18-36(45)39-34(33)19-20-51(39)42(55)57-25-56-41(54)30-13-11-27(24-53)12-14-30/h8-21,24H,6-7,22-23,25H2,1-5H3. The van der Waals surface area contributed by atoms with Gasteiger partial charge in [0.15, 0.2) is 0 Å². The third-order valence-electron chi connectivity index (χ3n) is 10.8. The quantitative estimate of drug-likeness (QED) is 0.0591. The molecule has 0 atom stereocenters. The molecule has 4 aromatic carbocycles. The molecule has 9 nitrogen and oxygen atoms in total. The lowest BCUT2D eigenvalue weighted by Gasteiger charge is -2.32. The van der Waals surface area contributed by atoms with E-state index in [1.54, 1.807) is 19.1 Å². The van der Waals surface area contributed by atoms with E-state index in [0.717, 1.165) is 44.3 Å². The Hall–Kier alpha value is -6.08. The zero-order valence-corrected chi connectivity index (χ0v) is 32.0. The molecule has 1 aliphatic heterocycles. The van der Waals surface area contributed by atoms with Crippen LogP contribution in [0.5, 0.6) is 0 Å². The molecule has 3 heterocycles. The summed E-state index contributed by atoms with van der Waals surface area (Å²) in [5.74, 6) is -1.47. The van der Waals surface area contributed by atoms with Gasteiger partial charge in [0.05, 0.1) is 39.3 Å². The number of fused-ring (bicyclic) bond motifs is 2. The first-order valence-corrected chi connectivity index (χ1v) is 18.5. The molecule has 0 spiro atoms. The number of aromatic nitrogens is 3. The number of hydrogen-bond acceptors (Lipinski definition) is 7. The molecule has 0 aliphatic carbocycles. The number of para-hydroxylation sites is 1. The average molecular weight is 781 g/mol. The molecule has 6 aromatic rings. The van der Waals surface area contributed by atoms with Crippen LogP contribution < -0.4 is 0 Å². The first kappa shape index (κ1) is 39.2. The van der Waals surface area contributed by atoms with Crippen molar-refractivity contribution in [3.8, 4) is 16.9 Å². The van der Waals surface area contributed by atoms with E-state index in [2.05, 4.69) is 30.9 Å². The Labute approximate surface area is 326 Å². The lowest BCUT2D eigenvalue weighted by atomic mass is 9.96. The Kier molecular flexibility index (Phi) is 10.4. The largest absolute Gasteiger partial charge is 0.424 e. The molecule has 294 valence electrons. The van der Waals surface area contributed by atoms with Crippen LogP contribution in [0.4, 0.5) is 22.4 Å². The average Bonchev–Trinajstić information content (AvgIpc) is 3.87. The van der Waals surface area contributed by atoms with E-state index in [1.807, 2.05) is 24.6 Å². The number of aldehydes is 1. The van der Waals surface area contributed by atoms with Gasteiger partial charge in [-0.2, -0.15) is 18.3 Å². The number of aryl methyl sites for hydroxylation is 3. The van der Waals surface area contributed by atoms with Crippen molar-refractivity contribution < 1.29 is 41.4 Å². The highest BCUT2D eigenvalue weighted by molar-refractivity contribution is 6.00. The third kappa shape index (κ3) is 7.12. The van der Waals surface area contributed by atoms with Gasteiger partial charge in [0.2, 0.25) is 6.79 Å². The van der Waals surface area contributed by atoms with Crippen molar-refractivity contribution in [2.45, 2.75) is 72.3 Å². The number of carbonyl (C=O) groups is 3. The SMILES string of the molecule is CCc1cccc(CC)c1-n1nc2c(c1-c1ccc(F)c3c1ccn3C(=O)OCOC(=O)c1ccc(C=O)cc1)CN(Cc1ccc(C(F)(F)F)cc1C)C2(C)C. The molecule has 0 bridgehead atoms. The first-order valence-electron chi connectivity index (χ1n) is 18.5. The van der Waals surface area contributed by atoms with E-state index in [0.29, 0.717) is 60.0 Å². The van der Waals surface area contributed by atoms with Crippen molar-refractivity contribution in [3.05, 3.63) is 141 Å². The second kappa shape index (κ2) is 15.1. The van der Waals surface area contributed by atoms with Gasteiger partial charge in [0.1, 0.15) is 12.1 Å². The van der Waals surface area contributed by atoms with Gasteiger partial charge in [-0.3, -0.25) is 9.69 Å². The molecule has 0 unspecified atom stereocenters. The first-order chi connectivity index (χ1) is 27.2. The number of nitrogens with zero attached hydrogens (tertiary/aromatic N) is 4. The molecule has 2 aromatic heterocycles. The minimum atomic E-state index is -4.45. The van der Waals surface area contributed by atoms with Crippen LogP contribution in [0.25, 0.3) is 27.8 Å². The van der Waals surface area contributed by atoms with Gasteiger partial charge in [-0.1, -0.05) is 50.2 Å². The van der Waals surface area contributed by atoms with Crippen LogP contribution in [0.1, 0.15) is 87.5 Å². The van der Waals surface area contributed by atoms with E-state index in [-0.39, 0.29) is 11.1 Å². The normalized spacial score (nSPS) is 13.8. The highest BCUT2D eigenvalue weighted by Crippen LogP contribution is 2.47. The Morgan fingerprint density at radius 1 is 0.912 bits per heavy atom. The molecule has 0 fully saturated rings. The molecule has 0 amide bonds. The van der Waals surface area contributed by atoms with E-state index in [1.165, 1.54) is 48.7 Å². The van der Waals surface area contributed by atoms with Gasteiger partial charge in [0.25, 0.3) is 0 Å². The maximum absolute atomic E-state index is 15.9. The second-order valence-corrected chi connectivity index (χ2v) is 14.5. The fourth-order valence-corrected chi connectivity index (χ4v) is 7.63. The van der Waals surface area contributed by atoms with Crippen molar-refractivity contribution in [1.29, 1.82) is 0 Å². The number of hydrogen-bond donors (Lipinski definition) is 0. The number of alkyl halides is 3. The Morgan fingerprint density at radius 3 is 2.25 bits per heavy atom. The summed E-state index contributed by atoms with van der Waals surface area (Å²) >= 11 is 0. The lowest BCUT2D eigenvalue weighted by Crippen LogP contribution is -2.36. The van der Waals surface area contributed by atoms with Gasteiger partial charge in [-0.15, -0.1) is 0 Å². The molecule has 1 aliphatic rings. The van der Waals surface area contributed by atoms with Crippen molar-refractivity contribution in [1.82, 2.24) is 19.2 Å². The summed E-state index contributed by atoms with van der Waals surface area (Å²) in [7, 11) is 0. The van der Waals surface area contributed by atoms with Crippen LogP contribution in [-0.4, -0.2) is 44.4 Å². The molecule has 0 saturated carbocycles. The summed E-state index contributed by atoms with van der Waals surface area (Å²) in [5, 5.41) is 5.71. The van der Waals surface area contributed by atoms with Crippen molar-refractivity contribution in [2.24, 2.45) is 0 Å². The molecule has 13 heteroatoms. The number of ether oxygens (including phenoxy) is 2.